The first kappa shape index (κ1) is 15.4. The lowest BCUT2D eigenvalue weighted by molar-refractivity contribution is -0.141. The van der Waals surface area contributed by atoms with Crippen LogP contribution in [0.1, 0.15) is 33.1 Å². The van der Waals surface area contributed by atoms with Gasteiger partial charge in [0.25, 0.3) is 0 Å². The molecule has 0 saturated carbocycles. The van der Waals surface area contributed by atoms with Crippen LogP contribution in [0.3, 0.4) is 0 Å². The molecule has 106 valence electrons. The molecular formula is C12H23NO4S. The van der Waals surface area contributed by atoms with E-state index in [1.807, 2.05) is 0 Å². The van der Waals surface area contributed by atoms with Gasteiger partial charge in [-0.1, -0.05) is 13.3 Å². The van der Waals surface area contributed by atoms with E-state index in [0.29, 0.717) is 25.6 Å². The zero-order valence-corrected chi connectivity index (χ0v) is 11.9. The number of rotatable bonds is 6. The first-order chi connectivity index (χ1) is 8.32. The van der Waals surface area contributed by atoms with E-state index in [1.54, 1.807) is 6.92 Å². The molecule has 5 nitrogen and oxygen atoms in total. The van der Waals surface area contributed by atoms with Crippen LogP contribution in [0.2, 0.25) is 0 Å². The molecule has 0 spiro atoms. The van der Waals surface area contributed by atoms with Crippen LogP contribution < -0.4 is 0 Å². The number of nitrogens with zero attached hydrogens (tertiary/aromatic N) is 1. The van der Waals surface area contributed by atoms with Gasteiger partial charge < -0.3 is 5.11 Å². The Morgan fingerprint density at radius 1 is 1.22 bits per heavy atom. The predicted molar refractivity (Wildman–Crippen MR) is 70.3 cm³/mol. The summed E-state index contributed by atoms with van der Waals surface area (Å²) in [5.74, 6) is -0.531. The number of hydrogen-bond acceptors (Lipinski definition) is 4. The number of carbonyl (C=O) groups is 1. The summed E-state index contributed by atoms with van der Waals surface area (Å²) in [6, 6.07) is 0.335. The summed E-state index contributed by atoms with van der Waals surface area (Å²) in [6.45, 7) is 5.03. The third-order valence-electron chi connectivity index (χ3n) is 3.68. The Labute approximate surface area is 109 Å². The molecule has 18 heavy (non-hydrogen) atoms. The van der Waals surface area contributed by atoms with Gasteiger partial charge in [-0.05, 0) is 19.8 Å². The van der Waals surface area contributed by atoms with Crippen molar-refractivity contribution in [3.63, 3.8) is 0 Å². The molecule has 1 fully saturated rings. The molecule has 1 N–H and O–H groups in total. The minimum absolute atomic E-state index is 0.253. The van der Waals surface area contributed by atoms with Crippen molar-refractivity contribution in [2.75, 3.05) is 24.6 Å². The van der Waals surface area contributed by atoms with Gasteiger partial charge in [-0.3, -0.25) is 9.69 Å². The Balaban J connectivity index is 2.25. The number of carboxylic acids is 1. The maximum Gasteiger partial charge on any atom is 0.306 e. The molecular weight excluding hydrogens is 254 g/mol. The van der Waals surface area contributed by atoms with E-state index in [9.17, 15) is 13.2 Å². The Morgan fingerprint density at radius 3 is 2.28 bits per heavy atom. The lowest BCUT2D eigenvalue weighted by atomic mass is 10.0. The Hall–Kier alpha value is -0.620. The average molecular weight is 277 g/mol. The summed E-state index contributed by atoms with van der Waals surface area (Å²) in [5, 5.41) is 8.78. The standard InChI is InChI=1S/C12H23NO4S/c1-10(12(14)15)4-3-5-11(2)13-6-8-18(16,17)9-7-13/h10-11H,3-9H2,1-2H3,(H,14,15). The summed E-state index contributed by atoms with van der Waals surface area (Å²) in [6.07, 6.45) is 2.49. The molecule has 2 atom stereocenters. The summed E-state index contributed by atoms with van der Waals surface area (Å²) in [5.41, 5.74) is 0. The van der Waals surface area contributed by atoms with Crippen LogP contribution in [-0.2, 0) is 14.6 Å². The van der Waals surface area contributed by atoms with Crippen LogP contribution in [0.4, 0.5) is 0 Å². The molecule has 1 aliphatic rings. The van der Waals surface area contributed by atoms with Gasteiger partial charge in [-0.15, -0.1) is 0 Å². The molecule has 0 bridgehead atoms. The van der Waals surface area contributed by atoms with Crippen molar-refractivity contribution < 1.29 is 18.3 Å². The zero-order chi connectivity index (χ0) is 13.8. The number of aliphatic carboxylic acids is 1. The van der Waals surface area contributed by atoms with Gasteiger partial charge in [0.15, 0.2) is 9.84 Å². The summed E-state index contributed by atoms with van der Waals surface area (Å²) in [7, 11) is -2.81. The second-order valence-corrected chi connectivity index (χ2v) is 7.51. The van der Waals surface area contributed by atoms with Crippen molar-refractivity contribution in [2.45, 2.75) is 39.2 Å². The lowest BCUT2D eigenvalue weighted by Crippen LogP contribution is -2.44. The third-order valence-corrected chi connectivity index (χ3v) is 5.29. The molecule has 2 unspecified atom stereocenters. The zero-order valence-electron chi connectivity index (χ0n) is 11.1. The van der Waals surface area contributed by atoms with E-state index < -0.39 is 15.8 Å². The van der Waals surface area contributed by atoms with E-state index in [1.165, 1.54) is 0 Å². The molecule has 0 aliphatic carbocycles. The van der Waals surface area contributed by atoms with Crippen LogP contribution in [0.5, 0.6) is 0 Å². The Morgan fingerprint density at radius 2 is 1.78 bits per heavy atom. The second kappa shape index (κ2) is 6.52. The van der Waals surface area contributed by atoms with Crippen molar-refractivity contribution in [2.24, 2.45) is 5.92 Å². The molecule has 1 heterocycles. The maximum atomic E-state index is 11.3. The molecule has 1 saturated heterocycles. The monoisotopic (exact) mass is 277 g/mol. The smallest absolute Gasteiger partial charge is 0.306 e. The van der Waals surface area contributed by atoms with E-state index in [2.05, 4.69) is 11.8 Å². The number of carboxylic acid groups (broad SMARTS) is 1. The van der Waals surface area contributed by atoms with Crippen molar-refractivity contribution in [3.8, 4) is 0 Å². The van der Waals surface area contributed by atoms with Gasteiger partial charge in [-0.2, -0.15) is 0 Å². The highest BCUT2D eigenvalue weighted by atomic mass is 32.2. The highest BCUT2D eigenvalue weighted by Gasteiger charge is 2.24. The van der Waals surface area contributed by atoms with Crippen LogP contribution in [0, 0.1) is 5.92 Å². The minimum atomic E-state index is -2.81. The number of hydrogen-bond donors (Lipinski definition) is 1. The van der Waals surface area contributed by atoms with Crippen molar-refractivity contribution in [3.05, 3.63) is 0 Å². The van der Waals surface area contributed by atoms with Crippen LogP contribution in [0.15, 0.2) is 0 Å². The summed E-state index contributed by atoms with van der Waals surface area (Å²) in [4.78, 5) is 12.9. The quantitative estimate of drug-likeness (QED) is 0.784. The molecule has 1 rings (SSSR count). The molecule has 1 aliphatic heterocycles. The van der Waals surface area contributed by atoms with Crippen LogP contribution >= 0.6 is 0 Å². The van der Waals surface area contributed by atoms with E-state index in [4.69, 9.17) is 5.11 Å². The van der Waals surface area contributed by atoms with Gasteiger partial charge in [0.05, 0.1) is 17.4 Å². The second-order valence-electron chi connectivity index (χ2n) is 5.21. The Bertz CT molecular complexity index is 366. The average Bonchev–Trinajstić information content (AvgIpc) is 2.28. The Kier molecular flexibility index (Phi) is 5.59. The summed E-state index contributed by atoms with van der Waals surface area (Å²) >= 11 is 0. The van der Waals surface area contributed by atoms with Crippen LogP contribution in [0.25, 0.3) is 0 Å². The van der Waals surface area contributed by atoms with E-state index in [-0.39, 0.29) is 17.4 Å². The molecule has 0 aromatic heterocycles. The van der Waals surface area contributed by atoms with Gasteiger partial charge >= 0.3 is 5.97 Å². The molecule has 0 radical (unpaired) electrons. The molecule has 0 aromatic carbocycles. The first-order valence-electron chi connectivity index (χ1n) is 6.49. The first-order valence-corrected chi connectivity index (χ1v) is 8.31. The topological polar surface area (TPSA) is 74.7 Å². The van der Waals surface area contributed by atoms with Gasteiger partial charge in [0.1, 0.15) is 0 Å². The van der Waals surface area contributed by atoms with Crippen molar-refractivity contribution in [1.82, 2.24) is 4.90 Å². The number of sulfone groups is 1. The highest BCUT2D eigenvalue weighted by Crippen LogP contribution is 2.15. The van der Waals surface area contributed by atoms with Crippen LogP contribution in [-0.4, -0.2) is 55.0 Å². The van der Waals surface area contributed by atoms with E-state index in [0.717, 1.165) is 12.8 Å². The fraction of sp³-hybridized carbons (Fsp3) is 0.917. The van der Waals surface area contributed by atoms with Crippen molar-refractivity contribution in [1.29, 1.82) is 0 Å². The SMILES string of the molecule is CC(CCCC(C)N1CCS(=O)(=O)CC1)C(=O)O. The molecule has 0 aromatic rings. The minimum Gasteiger partial charge on any atom is -0.481 e. The van der Waals surface area contributed by atoms with Crippen molar-refractivity contribution >= 4 is 15.8 Å². The predicted octanol–water partition coefficient (Wildman–Crippen LogP) is 0.996. The van der Waals surface area contributed by atoms with Gasteiger partial charge in [0, 0.05) is 19.1 Å². The fourth-order valence-corrected chi connectivity index (χ4v) is 3.42. The summed E-state index contributed by atoms with van der Waals surface area (Å²) < 4.78 is 22.6. The third kappa shape index (κ3) is 4.94. The largest absolute Gasteiger partial charge is 0.481 e. The lowest BCUT2D eigenvalue weighted by Gasteiger charge is -2.32. The molecule has 0 amide bonds. The van der Waals surface area contributed by atoms with Gasteiger partial charge in [0.2, 0.25) is 0 Å². The fourth-order valence-electron chi connectivity index (χ4n) is 2.19. The normalized spacial score (nSPS) is 23.4. The highest BCUT2D eigenvalue weighted by molar-refractivity contribution is 7.91. The van der Waals surface area contributed by atoms with Gasteiger partial charge in [-0.25, -0.2) is 8.42 Å². The molecule has 6 heteroatoms. The van der Waals surface area contributed by atoms with E-state index >= 15 is 0 Å². The maximum absolute atomic E-state index is 11.3.